The molecule has 112 valence electrons. The molecular formula is C17H27NO2. The maximum atomic E-state index is 10.1. The molecule has 2 N–H and O–H groups in total. The molecule has 20 heavy (non-hydrogen) atoms. The van der Waals surface area contributed by atoms with Crippen molar-refractivity contribution in [1.29, 1.82) is 0 Å². The van der Waals surface area contributed by atoms with Crippen LogP contribution in [0.15, 0.2) is 18.2 Å². The number of rotatable bonds is 5. The zero-order valence-electron chi connectivity index (χ0n) is 12.7. The SMILES string of the molecule is COc1cccc(CN[C@H](C)C2CCCCCC2)c1O. The molecule has 0 amide bonds. The number of hydrogen-bond acceptors (Lipinski definition) is 3. The molecule has 2 rings (SSSR count). The van der Waals surface area contributed by atoms with Crippen LogP contribution in [0.5, 0.6) is 11.5 Å². The molecule has 3 nitrogen and oxygen atoms in total. The van der Waals surface area contributed by atoms with Gasteiger partial charge in [0.25, 0.3) is 0 Å². The van der Waals surface area contributed by atoms with E-state index < -0.39 is 0 Å². The molecule has 1 aromatic carbocycles. The van der Waals surface area contributed by atoms with Crippen LogP contribution in [0.4, 0.5) is 0 Å². The summed E-state index contributed by atoms with van der Waals surface area (Å²) in [5, 5.41) is 13.7. The minimum atomic E-state index is 0.260. The van der Waals surface area contributed by atoms with Gasteiger partial charge in [0.1, 0.15) is 0 Å². The molecule has 0 aliphatic heterocycles. The molecule has 0 bridgehead atoms. The van der Waals surface area contributed by atoms with Crippen LogP contribution in [-0.4, -0.2) is 18.3 Å². The number of phenols is 1. The average molecular weight is 277 g/mol. The summed E-state index contributed by atoms with van der Waals surface area (Å²) in [6.07, 6.45) is 8.17. The maximum absolute atomic E-state index is 10.1. The number of methoxy groups -OCH3 is 1. The number of ether oxygens (including phenoxy) is 1. The molecule has 1 saturated carbocycles. The fourth-order valence-electron chi connectivity index (χ4n) is 3.12. The van der Waals surface area contributed by atoms with Crippen molar-refractivity contribution in [1.82, 2.24) is 5.32 Å². The van der Waals surface area contributed by atoms with Crippen LogP contribution in [0, 0.1) is 5.92 Å². The highest BCUT2D eigenvalue weighted by Crippen LogP contribution is 2.30. The van der Waals surface area contributed by atoms with Gasteiger partial charge in [0.2, 0.25) is 0 Å². The van der Waals surface area contributed by atoms with Crippen molar-refractivity contribution in [2.24, 2.45) is 5.92 Å². The predicted molar refractivity (Wildman–Crippen MR) is 82.2 cm³/mol. The molecule has 0 heterocycles. The van der Waals surface area contributed by atoms with Crippen LogP contribution < -0.4 is 10.1 Å². The van der Waals surface area contributed by atoms with Gasteiger partial charge in [0, 0.05) is 18.2 Å². The molecule has 1 aliphatic carbocycles. The lowest BCUT2D eigenvalue weighted by atomic mass is 9.93. The zero-order valence-corrected chi connectivity index (χ0v) is 12.7. The molecule has 0 unspecified atom stereocenters. The zero-order chi connectivity index (χ0) is 14.4. The Hall–Kier alpha value is -1.22. The summed E-state index contributed by atoms with van der Waals surface area (Å²) >= 11 is 0. The Balaban J connectivity index is 1.90. The first-order valence-electron chi connectivity index (χ1n) is 7.80. The van der Waals surface area contributed by atoms with Gasteiger partial charge in [-0.3, -0.25) is 0 Å². The van der Waals surface area contributed by atoms with Gasteiger partial charge in [-0.05, 0) is 31.7 Å². The van der Waals surface area contributed by atoms with Crippen molar-refractivity contribution in [3.8, 4) is 11.5 Å². The molecule has 0 radical (unpaired) electrons. The van der Waals surface area contributed by atoms with E-state index in [-0.39, 0.29) is 5.75 Å². The van der Waals surface area contributed by atoms with Crippen molar-refractivity contribution < 1.29 is 9.84 Å². The molecule has 1 fully saturated rings. The standard InChI is InChI=1S/C17H27NO2/c1-13(14-8-5-3-4-6-9-14)18-12-15-10-7-11-16(20-2)17(15)19/h7,10-11,13-14,18-19H,3-6,8-9,12H2,1-2H3/t13-/m1/s1. The van der Waals surface area contributed by atoms with Crippen molar-refractivity contribution in [3.05, 3.63) is 23.8 Å². The van der Waals surface area contributed by atoms with E-state index in [1.165, 1.54) is 38.5 Å². The minimum Gasteiger partial charge on any atom is -0.504 e. The van der Waals surface area contributed by atoms with Gasteiger partial charge in [-0.1, -0.05) is 37.8 Å². The smallest absolute Gasteiger partial charge is 0.162 e. The normalized spacial score (nSPS) is 18.5. The van der Waals surface area contributed by atoms with Gasteiger partial charge in [-0.15, -0.1) is 0 Å². The van der Waals surface area contributed by atoms with Crippen LogP contribution in [0.1, 0.15) is 51.0 Å². The van der Waals surface area contributed by atoms with Gasteiger partial charge < -0.3 is 15.2 Å². The Bertz CT molecular complexity index is 411. The highest BCUT2D eigenvalue weighted by Gasteiger charge is 2.19. The summed E-state index contributed by atoms with van der Waals surface area (Å²) in [6, 6.07) is 6.16. The summed E-state index contributed by atoms with van der Waals surface area (Å²) in [6.45, 7) is 2.97. The van der Waals surface area contributed by atoms with E-state index >= 15 is 0 Å². The number of hydrogen-bond donors (Lipinski definition) is 2. The van der Waals surface area contributed by atoms with Crippen molar-refractivity contribution in [2.75, 3.05) is 7.11 Å². The Kier molecular flexibility index (Phi) is 5.72. The molecule has 1 aromatic rings. The Labute approximate surface area is 122 Å². The average Bonchev–Trinajstić information content (AvgIpc) is 2.75. The third-order valence-corrected chi connectivity index (χ3v) is 4.52. The quantitative estimate of drug-likeness (QED) is 0.803. The number of phenolic OH excluding ortho intramolecular Hbond substituents is 1. The highest BCUT2D eigenvalue weighted by atomic mass is 16.5. The lowest BCUT2D eigenvalue weighted by molar-refractivity contribution is 0.332. The van der Waals surface area contributed by atoms with E-state index in [2.05, 4.69) is 12.2 Å². The first kappa shape index (κ1) is 15.2. The van der Waals surface area contributed by atoms with E-state index in [1.807, 2.05) is 12.1 Å². The molecule has 3 heteroatoms. The number of nitrogens with one attached hydrogen (secondary N) is 1. The number of aromatic hydroxyl groups is 1. The monoisotopic (exact) mass is 277 g/mol. The minimum absolute atomic E-state index is 0.260. The van der Waals surface area contributed by atoms with Crippen LogP contribution in [-0.2, 0) is 6.54 Å². The van der Waals surface area contributed by atoms with Crippen LogP contribution in [0.2, 0.25) is 0 Å². The van der Waals surface area contributed by atoms with Crippen LogP contribution in [0.3, 0.4) is 0 Å². The van der Waals surface area contributed by atoms with E-state index in [0.29, 0.717) is 18.3 Å². The van der Waals surface area contributed by atoms with E-state index in [1.54, 1.807) is 13.2 Å². The van der Waals surface area contributed by atoms with Crippen molar-refractivity contribution >= 4 is 0 Å². The first-order valence-corrected chi connectivity index (χ1v) is 7.80. The lowest BCUT2D eigenvalue weighted by Gasteiger charge is -2.24. The molecule has 1 aliphatic rings. The van der Waals surface area contributed by atoms with Gasteiger partial charge >= 0.3 is 0 Å². The highest BCUT2D eigenvalue weighted by molar-refractivity contribution is 5.45. The van der Waals surface area contributed by atoms with Gasteiger partial charge in [-0.2, -0.15) is 0 Å². The predicted octanol–water partition coefficient (Wildman–Crippen LogP) is 3.85. The summed E-state index contributed by atoms with van der Waals surface area (Å²) < 4.78 is 5.15. The Morgan fingerprint density at radius 1 is 1.25 bits per heavy atom. The topological polar surface area (TPSA) is 41.5 Å². The molecular weight excluding hydrogens is 250 g/mol. The third-order valence-electron chi connectivity index (χ3n) is 4.52. The Morgan fingerprint density at radius 3 is 2.60 bits per heavy atom. The van der Waals surface area contributed by atoms with Crippen LogP contribution >= 0.6 is 0 Å². The second-order valence-corrected chi connectivity index (χ2v) is 5.89. The second-order valence-electron chi connectivity index (χ2n) is 5.89. The Morgan fingerprint density at radius 2 is 1.95 bits per heavy atom. The third kappa shape index (κ3) is 3.89. The largest absolute Gasteiger partial charge is 0.504 e. The van der Waals surface area contributed by atoms with Crippen molar-refractivity contribution in [3.63, 3.8) is 0 Å². The summed E-state index contributed by atoms with van der Waals surface area (Å²) in [4.78, 5) is 0. The van der Waals surface area contributed by atoms with E-state index in [0.717, 1.165) is 11.5 Å². The molecule has 0 spiro atoms. The van der Waals surface area contributed by atoms with Crippen LogP contribution in [0.25, 0.3) is 0 Å². The van der Waals surface area contributed by atoms with Gasteiger partial charge in [0.15, 0.2) is 11.5 Å². The van der Waals surface area contributed by atoms with E-state index in [9.17, 15) is 5.11 Å². The fraction of sp³-hybridized carbons (Fsp3) is 0.647. The first-order chi connectivity index (χ1) is 9.72. The molecule has 0 aromatic heterocycles. The molecule has 0 saturated heterocycles. The summed E-state index contributed by atoms with van der Waals surface area (Å²) in [7, 11) is 1.58. The summed E-state index contributed by atoms with van der Waals surface area (Å²) in [5.74, 6) is 1.58. The summed E-state index contributed by atoms with van der Waals surface area (Å²) in [5.41, 5.74) is 0.907. The van der Waals surface area contributed by atoms with Crippen molar-refractivity contribution in [2.45, 2.75) is 58.0 Å². The fourth-order valence-corrected chi connectivity index (χ4v) is 3.12. The maximum Gasteiger partial charge on any atom is 0.162 e. The number of para-hydroxylation sites is 1. The van der Waals surface area contributed by atoms with E-state index in [4.69, 9.17) is 4.74 Å². The second kappa shape index (κ2) is 7.53. The lowest BCUT2D eigenvalue weighted by Crippen LogP contribution is -2.32. The number of benzene rings is 1. The van der Waals surface area contributed by atoms with Gasteiger partial charge in [0.05, 0.1) is 7.11 Å². The van der Waals surface area contributed by atoms with Gasteiger partial charge in [-0.25, -0.2) is 0 Å². The molecule has 1 atom stereocenters.